The molecule has 0 aliphatic rings. The normalized spacial score (nSPS) is 10.5. The topological polar surface area (TPSA) is 67.9 Å². The van der Waals surface area contributed by atoms with Crippen LogP contribution in [0.1, 0.15) is 5.69 Å². The van der Waals surface area contributed by atoms with Gasteiger partial charge in [0.15, 0.2) is 5.16 Å². The predicted molar refractivity (Wildman–Crippen MR) is 79.6 cm³/mol. The number of nitrogens with zero attached hydrogens (tertiary/aromatic N) is 4. The molecule has 7 heteroatoms. The second-order valence-corrected chi connectivity index (χ2v) is 5.38. The molecule has 0 aromatic carbocycles. The fourth-order valence-corrected chi connectivity index (χ4v) is 2.62. The third-order valence-electron chi connectivity index (χ3n) is 2.38. The first-order valence-electron chi connectivity index (χ1n) is 5.60. The number of thioether (sulfide) groups is 1. The van der Waals surface area contributed by atoms with Crippen LogP contribution in [0.3, 0.4) is 0 Å². The van der Waals surface area contributed by atoms with Crippen LogP contribution in [0, 0.1) is 0 Å². The predicted octanol–water partition coefficient (Wildman–Crippen LogP) is 2.47. The largest absolute Gasteiger partial charge is 0.384 e. The lowest BCUT2D eigenvalue weighted by Gasteiger charge is -2.15. The van der Waals surface area contributed by atoms with Gasteiger partial charge in [-0.2, -0.15) is 0 Å². The molecule has 2 rings (SSSR count). The van der Waals surface area contributed by atoms with Gasteiger partial charge in [0.2, 0.25) is 0 Å². The fraction of sp³-hybridized carbons (Fsp3) is 0.250. The second kappa shape index (κ2) is 6.08. The first kappa shape index (κ1) is 13.9. The maximum atomic E-state index is 5.85. The molecule has 2 heterocycles. The Kier molecular flexibility index (Phi) is 4.44. The maximum Gasteiger partial charge on any atom is 0.191 e. The molecule has 0 saturated heterocycles. The van der Waals surface area contributed by atoms with Gasteiger partial charge in [-0.3, -0.25) is 4.98 Å². The molecule has 0 aliphatic heterocycles. The van der Waals surface area contributed by atoms with Crippen LogP contribution in [0.25, 0.3) is 0 Å². The highest BCUT2D eigenvalue weighted by Gasteiger charge is 2.08. The van der Waals surface area contributed by atoms with E-state index in [1.165, 1.54) is 17.8 Å². The standard InChI is InChI=1S/C12H14ClN5S/c1-18(2)9-4-3-5-15-8(9)7-19-12-16-10(13)6-11(14)17-12/h3-6H,7H2,1-2H3,(H2,14,16,17). The quantitative estimate of drug-likeness (QED) is 0.531. The monoisotopic (exact) mass is 295 g/mol. The molecule has 100 valence electrons. The van der Waals surface area contributed by atoms with Crippen LogP contribution in [0.4, 0.5) is 11.5 Å². The first-order chi connectivity index (χ1) is 9.06. The van der Waals surface area contributed by atoms with E-state index in [-0.39, 0.29) is 0 Å². The Morgan fingerprint density at radius 2 is 2.16 bits per heavy atom. The summed E-state index contributed by atoms with van der Waals surface area (Å²) >= 11 is 7.30. The lowest BCUT2D eigenvalue weighted by molar-refractivity contribution is 0.972. The third kappa shape index (κ3) is 3.71. The summed E-state index contributed by atoms with van der Waals surface area (Å²) in [4.78, 5) is 14.6. The van der Waals surface area contributed by atoms with Crippen molar-refractivity contribution < 1.29 is 0 Å². The van der Waals surface area contributed by atoms with E-state index >= 15 is 0 Å². The molecule has 0 atom stereocenters. The van der Waals surface area contributed by atoms with Gasteiger partial charge < -0.3 is 10.6 Å². The van der Waals surface area contributed by atoms with Crippen molar-refractivity contribution in [2.75, 3.05) is 24.7 Å². The molecule has 2 N–H and O–H groups in total. The molecule has 0 spiro atoms. The molecule has 0 aliphatic carbocycles. The smallest absolute Gasteiger partial charge is 0.191 e. The molecular weight excluding hydrogens is 282 g/mol. The summed E-state index contributed by atoms with van der Waals surface area (Å²) in [5.74, 6) is 1.03. The lowest BCUT2D eigenvalue weighted by Crippen LogP contribution is -2.11. The molecule has 0 radical (unpaired) electrons. The van der Waals surface area contributed by atoms with Gasteiger partial charge in [-0.1, -0.05) is 23.4 Å². The van der Waals surface area contributed by atoms with Gasteiger partial charge >= 0.3 is 0 Å². The number of nitrogens with two attached hydrogens (primary N) is 1. The Morgan fingerprint density at radius 1 is 1.37 bits per heavy atom. The summed E-state index contributed by atoms with van der Waals surface area (Å²) in [6.07, 6.45) is 1.77. The van der Waals surface area contributed by atoms with E-state index < -0.39 is 0 Å². The molecule has 0 bridgehead atoms. The van der Waals surface area contributed by atoms with E-state index in [1.807, 2.05) is 31.1 Å². The number of pyridine rings is 1. The minimum atomic E-state index is 0.351. The zero-order valence-corrected chi connectivity index (χ0v) is 12.2. The average molecular weight is 296 g/mol. The molecule has 2 aromatic rings. The Hall–Kier alpha value is -1.53. The molecule has 0 unspecified atom stereocenters. The minimum absolute atomic E-state index is 0.351. The van der Waals surface area contributed by atoms with Crippen molar-refractivity contribution in [3.63, 3.8) is 0 Å². The van der Waals surface area contributed by atoms with Crippen molar-refractivity contribution >= 4 is 34.9 Å². The Morgan fingerprint density at radius 3 is 2.84 bits per heavy atom. The van der Waals surface area contributed by atoms with Crippen LogP contribution < -0.4 is 10.6 Å². The lowest BCUT2D eigenvalue weighted by atomic mass is 10.3. The summed E-state index contributed by atoms with van der Waals surface area (Å²) in [6.45, 7) is 0. The Balaban J connectivity index is 2.14. The van der Waals surface area contributed by atoms with Crippen molar-refractivity contribution in [2.24, 2.45) is 0 Å². The molecule has 5 nitrogen and oxygen atoms in total. The highest BCUT2D eigenvalue weighted by atomic mass is 35.5. The molecule has 0 saturated carbocycles. The minimum Gasteiger partial charge on any atom is -0.384 e. The number of anilines is 2. The van der Waals surface area contributed by atoms with Crippen molar-refractivity contribution in [3.8, 4) is 0 Å². The highest BCUT2D eigenvalue weighted by molar-refractivity contribution is 7.98. The van der Waals surface area contributed by atoms with E-state index in [9.17, 15) is 0 Å². The number of hydrogen-bond acceptors (Lipinski definition) is 6. The van der Waals surface area contributed by atoms with Crippen LogP contribution >= 0.6 is 23.4 Å². The van der Waals surface area contributed by atoms with Crippen molar-refractivity contribution in [2.45, 2.75) is 10.9 Å². The van der Waals surface area contributed by atoms with Crippen LogP contribution in [-0.4, -0.2) is 29.0 Å². The first-order valence-corrected chi connectivity index (χ1v) is 6.96. The summed E-state index contributed by atoms with van der Waals surface area (Å²) in [7, 11) is 3.97. The number of aromatic nitrogens is 3. The zero-order chi connectivity index (χ0) is 13.8. The van der Waals surface area contributed by atoms with E-state index in [4.69, 9.17) is 17.3 Å². The van der Waals surface area contributed by atoms with Gasteiger partial charge in [0.25, 0.3) is 0 Å². The van der Waals surface area contributed by atoms with Gasteiger partial charge in [-0.25, -0.2) is 9.97 Å². The molecule has 0 fully saturated rings. The second-order valence-electron chi connectivity index (χ2n) is 4.05. The van der Waals surface area contributed by atoms with Gasteiger partial charge in [0.05, 0.1) is 11.4 Å². The SMILES string of the molecule is CN(C)c1cccnc1CSc1nc(N)cc(Cl)n1. The van der Waals surface area contributed by atoms with Crippen LogP contribution in [-0.2, 0) is 5.75 Å². The number of rotatable bonds is 4. The molecule has 19 heavy (non-hydrogen) atoms. The van der Waals surface area contributed by atoms with Crippen molar-refractivity contribution in [1.29, 1.82) is 0 Å². The van der Waals surface area contributed by atoms with Gasteiger partial charge in [-0.15, -0.1) is 0 Å². The molecule has 0 amide bonds. The summed E-state index contributed by atoms with van der Waals surface area (Å²) < 4.78 is 0. The Bertz CT molecular complexity index is 556. The summed E-state index contributed by atoms with van der Waals surface area (Å²) in [5.41, 5.74) is 7.68. The van der Waals surface area contributed by atoms with Crippen LogP contribution in [0.5, 0.6) is 0 Å². The zero-order valence-electron chi connectivity index (χ0n) is 10.7. The number of halogens is 1. The van der Waals surface area contributed by atoms with Crippen LogP contribution in [0.15, 0.2) is 29.6 Å². The number of hydrogen-bond donors (Lipinski definition) is 1. The van der Waals surface area contributed by atoms with Gasteiger partial charge in [-0.05, 0) is 12.1 Å². The maximum absolute atomic E-state index is 5.85. The van der Waals surface area contributed by atoms with Crippen molar-refractivity contribution in [1.82, 2.24) is 15.0 Å². The van der Waals surface area contributed by atoms with E-state index in [2.05, 4.69) is 15.0 Å². The van der Waals surface area contributed by atoms with E-state index in [1.54, 1.807) is 6.20 Å². The van der Waals surface area contributed by atoms with E-state index in [0.29, 0.717) is 21.9 Å². The Labute approximate surface area is 121 Å². The highest BCUT2D eigenvalue weighted by Crippen LogP contribution is 2.25. The average Bonchev–Trinajstić information content (AvgIpc) is 2.35. The summed E-state index contributed by atoms with van der Waals surface area (Å²) in [5, 5.41) is 0.907. The third-order valence-corrected chi connectivity index (χ3v) is 3.43. The summed E-state index contributed by atoms with van der Waals surface area (Å²) in [6, 6.07) is 5.46. The van der Waals surface area contributed by atoms with Crippen LogP contribution in [0.2, 0.25) is 5.15 Å². The van der Waals surface area contributed by atoms with Gasteiger partial charge in [0, 0.05) is 32.1 Å². The fourth-order valence-electron chi connectivity index (χ4n) is 1.56. The number of nitrogen functional groups attached to an aromatic ring is 1. The van der Waals surface area contributed by atoms with E-state index in [0.717, 1.165) is 11.4 Å². The van der Waals surface area contributed by atoms with Crippen molar-refractivity contribution in [3.05, 3.63) is 35.2 Å². The molecular formula is C12H14ClN5S. The van der Waals surface area contributed by atoms with Gasteiger partial charge in [0.1, 0.15) is 11.0 Å². The molecule has 2 aromatic heterocycles.